The van der Waals surface area contributed by atoms with E-state index in [2.05, 4.69) is 22.1 Å². The third kappa shape index (κ3) is 3.30. The summed E-state index contributed by atoms with van der Waals surface area (Å²) in [5, 5.41) is 4.17. The Hall–Kier alpha value is -0.900. The van der Waals surface area contributed by atoms with Crippen LogP contribution in [0.3, 0.4) is 0 Å². The standard InChI is InChI=1S/C11H17N3S/c12-11-7-9(4-5-13-11)14-8-10-3-1-2-6-15-10/h4-5,7,10H,1-3,6,8H2,(H3,12,13,14). The third-order valence-corrected chi connectivity index (χ3v) is 3.99. The summed E-state index contributed by atoms with van der Waals surface area (Å²) in [4.78, 5) is 3.97. The van der Waals surface area contributed by atoms with Crippen LogP contribution in [-0.2, 0) is 0 Å². The molecule has 1 saturated heterocycles. The smallest absolute Gasteiger partial charge is 0.125 e. The van der Waals surface area contributed by atoms with Crippen molar-refractivity contribution >= 4 is 23.3 Å². The molecule has 3 nitrogen and oxygen atoms in total. The molecule has 15 heavy (non-hydrogen) atoms. The Morgan fingerprint density at radius 3 is 3.20 bits per heavy atom. The van der Waals surface area contributed by atoms with Crippen molar-refractivity contribution in [3.05, 3.63) is 18.3 Å². The van der Waals surface area contributed by atoms with Gasteiger partial charge in [-0.05, 0) is 24.7 Å². The van der Waals surface area contributed by atoms with Crippen molar-refractivity contribution in [2.75, 3.05) is 23.3 Å². The van der Waals surface area contributed by atoms with Gasteiger partial charge in [-0.1, -0.05) is 6.42 Å². The van der Waals surface area contributed by atoms with Gasteiger partial charge in [0.05, 0.1) is 0 Å². The molecule has 2 rings (SSSR count). The lowest BCUT2D eigenvalue weighted by molar-refractivity contribution is 0.677. The number of hydrogen-bond donors (Lipinski definition) is 2. The van der Waals surface area contributed by atoms with Crippen LogP contribution in [0.4, 0.5) is 11.5 Å². The number of nitrogens with two attached hydrogens (primary N) is 1. The molecule has 2 heterocycles. The van der Waals surface area contributed by atoms with Crippen LogP contribution in [0.5, 0.6) is 0 Å². The molecule has 1 atom stereocenters. The Kier molecular flexibility index (Phi) is 3.72. The topological polar surface area (TPSA) is 50.9 Å². The summed E-state index contributed by atoms with van der Waals surface area (Å²) in [6, 6.07) is 3.84. The minimum Gasteiger partial charge on any atom is -0.384 e. The molecule has 1 aliphatic rings. The van der Waals surface area contributed by atoms with E-state index in [0.29, 0.717) is 5.82 Å². The van der Waals surface area contributed by atoms with Crippen LogP contribution in [0.25, 0.3) is 0 Å². The van der Waals surface area contributed by atoms with Gasteiger partial charge in [-0.2, -0.15) is 11.8 Å². The zero-order chi connectivity index (χ0) is 10.5. The molecule has 1 aliphatic heterocycles. The maximum absolute atomic E-state index is 5.61. The maximum Gasteiger partial charge on any atom is 0.125 e. The van der Waals surface area contributed by atoms with Gasteiger partial charge in [0.2, 0.25) is 0 Å². The second kappa shape index (κ2) is 5.26. The average molecular weight is 223 g/mol. The highest BCUT2D eigenvalue weighted by Gasteiger charge is 2.13. The molecule has 0 bridgehead atoms. The van der Waals surface area contributed by atoms with Crippen LogP contribution in [-0.4, -0.2) is 22.5 Å². The summed E-state index contributed by atoms with van der Waals surface area (Å²) < 4.78 is 0. The summed E-state index contributed by atoms with van der Waals surface area (Å²) in [6.07, 6.45) is 5.82. The number of nitrogens with one attached hydrogen (secondary N) is 1. The van der Waals surface area contributed by atoms with E-state index in [-0.39, 0.29) is 0 Å². The Morgan fingerprint density at radius 2 is 2.47 bits per heavy atom. The highest BCUT2D eigenvalue weighted by molar-refractivity contribution is 7.99. The lowest BCUT2D eigenvalue weighted by atomic mass is 10.2. The number of hydrogen-bond acceptors (Lipinski definition) is 4. The molecular formula is C11H17N3S. The summed E-state index contributed by atoms with van der Waals surface area (Å²) >= 11 is 2.08. The van der Waals surface area contributed by atoms with Crippen LogP contribution in [0.1, 0.15) is 19.3 Å². The molecule has 82 valence electrons. The summed E-state index contributed by atoms with van der Waals surface area (Å²) in [7, 11) is 0. The molecule has 0 saturated carbocycles. The first-order chi connectivity index (χ1) is 7.34. The first-order valence-corrected chi connectivity index (χ1v) is 6.46. The fourth-order valence-corrected chi connectivity index (χ4v) is 3.00. The van der Waals surface area contributed by atoms with Crippen LogP contribution in [0, 0.1) is 0 Å². The highest BCUT2D eigenvalue weighted by Crippen LogP contribution is 2.25. The fourth-order valence-electron chi connectivity index (χ4n) is 1.76. The SMILES string of the molecule is Nc1cc(NCC2CCCCS2)ccn1. The van der Waals surface area contributed by atoms with Crippen LogP contribution >= 0.6 is 11.8 Å². The van der Waals surface area contributed by atoms with Gasteiger partial charge in [-0.3, -0.25) is 0 Å². The largest absolute Gasteiger partial charge is 0.384 e. The third-order valence-electron chi connectivity index (χ3n) is 2.59. The second-order valence-corrected chi connectivity index (χ2v) is 5.25. The quantitative estimate of drug-likeness (QED) is 0.826. The van der Waals surface area contributed by atoms with E-state index in [1.165, 1.54) is 25.0 Å². The number of thioether (sulfide) groups is 1. The normalized spacial score (nSPS) is 21.2. The Labute approximate surface area is 94.8 Å². The van der Waals surface area contributed by atoms with E-state index in [4.69, 9.17) is 5.73 Å². The number of anilines is 2. The number of pyridine rings is 1. The highest BCUT2D eigenvalue weighted by atomic mass is 32.2. The maximum atomic E-state index is 5.61. The van der Waals surface area contributed by atoms with Gasteiger partial charge >= 0.3 is 0 Å². The van der Waals surface area contributed by atoms with E-state index in [1.807, 2.05) is 12.1 Å². The molecule has 1 aromatic rings. The van der Waals surface area contributed by atoms with Gasteiger partial charge in [0, 0.05) is 29.7 Å². The average Bonchev–Trinajstić information content (AvgIpc) is 2.28. The molecule has 1 fully saturated rings. The first kappa shape index (κ1) is 10.6. The number of nitrogen functional groups attached to an aromatic ring is 1. The van der Waals surface area contributed by atoms with Crippen molar-refractivity contribution < 1.29 is 0 Å². The van der Waals surface area contributed by atoms with Crippen LogP contribution < -0.4 is 11.1 Å². The van der Waals surface area contributed by atoms with Gasteiger partial charge in [-0.15, -0.1) is 0 Å². The molecule has 0 aromatic carbocycles. The van der Waals surface area contributed by atoms with E-state index in [1.54, 1.807) is 6.20 Å². The predicted octanol–water partition coefficient (Wildman–Crippen LogP) is 2.36. The van der Waals surface area contributed by atoms with Gasteiger partial charge in [-0.25, -0.2) is 4.98 Å². The second-order valence-electron chi connectivity index (χ2n) is 3.84. The molecule has 0 radical (unpaired) electrons. The van der Waals surface area contributed by atoms with Gasteiger partial charge in [0.1, 0.15) is 5.82 Å². The molecule has 4 heteroatoms. The van der Waals surface area contributed by atoms with E-state index in [9.17, 15) is 0 Å². The molecular weight excluding hydrogens is 206 g/mol. The van der Waals surface area contributed by atoms with Crippen LogP contribution in [0.2, 0.25) is 0 Å². The van der Waals surface area contributed by atoms with E-state index in [0.717, 1.165) is 17.5 Å². The summed E-state index contributed by atoms with van der Waals surface area (Å²) in [6.45, 7) is 1.04. The molecule has 1 unspecified atom stereocenters. The minimum absolute atomic E-state index is 0.580. The van der Waals surface area contributed by atoms with Gasteiger partial charge in [0.15, 0.2) is 0 Å². The van der Waals surface area contributed by atoms with Crippen molar-refractivity contribution in [1.29, 1.82) is 0 Å². The first-order valence-electron chi connectivity index (χ1n) is 5.41. The van der Waals surface area contributed by atoms with Crippen molar-refractivity contribution in [1.82, 2.24) is 4.98 Å². The number of aromatic nitrogens is 1. The van der Waals surface area contributed by atoms with Crippen LogP contribution in [0.15, 0.2) is 18.3 Å². The molecule has 0 amide bonds. The summed E-state index contributed by atoms with van der Waals surface area (Å²) in [5.41, 5.74) is 6.69. The zero-order valence-corrected chi connectivity index (χ0v) is 9.59. The van der Waals surface area contributed by atoms with Crippen molar-refractivity contribution in [2.45, 2.75) is 24.5 Å². The Balaban J connectivity index is 1.81. The Morgan fingerprint density at radius 1 is 1.53 bits per heavy atom. The molecule has 1 aromatic heterocycles. The van der Waals surface area contributed by atoms with E-state index < -0.39 is 0 Å². The Bertz CT molecular complexity index is 310. The predicted molar refractivity (Wildman–Crippen MR) is 67.2 cm³/mol. The zero-order valence-electron chi connectivity index (χ0n) is 8.78. The van der Waals surface area contributed by atoms with Crippen molar-refractivity contribution in [3.8, 4) is 0 Å². The molecule has 0 aliphatic carbocycles. The monoisotopic (exact) mass is 223 g/mol. The number of rotatable bonds is 3. The van der Waals surface area contributed by atoms with Crippen molar-refractivity contribution in [2.24, 2.45) is 0 Å². The minimum atomic E-state index is 0.580. The lowest BCUT2D eigenvalue weighted by Crippen LogP contribution is -2.20. The van der Waals surface area contributed by atoms with E-state index >= 15 is 0 Å². The van der Waals surface area contributed by atoms with Gasteiger partial charge < -0.3 is 11.1 Å². The van der Waals surface area contributed by atoms with Gasteiger partial charge in [0.25, 0.3) is 0 Å². The summed E-state index contributed by atoms with van der Waals surface area (Å²) in [5.74, 6) is 1.89. The molecule has 3 N–H and O–H groups in total. The van der Waals surface area contributed by atoms with Crippen molar-refractivity contribution in [3.63, 3.8) is 0 Å². The lowest BCUT2D eigenvalue weighted by Gasteiger charge is -2.21. The number of nitrogens with zero attached hydrogens (tertiary/aromatic N) is 1. The fraction of sp³-hybridized carbons (Fsp3) is 0.545. The molecule has 0 spiro atoms.